The Morgan fingerprint density at radius 1 is 1.25 bits per heavy atom. The van der Waals surface area contributed by atoms with Crippen molar-refractivity contribution in [1.29, 1.82) is 0 Å². The second kappa shape index (κ2) is 6.95. The maximum atomic E-state index is 12.2. The molecule has 1 heterocycles. The zero-order valence-electron chi connectivity index (χ0n) is 12.1. The molecule has 1 aromatic rings. The lowest BCUT2D eigenvalue weighted by molar-refractivity contribution is -0.135. The predicted molar refractivity (Wildman–Crippen MR) is 83.3 cm³/mol. The van der Waals surface area contributed by atoms with Crippen LogP contribution in [0.3, 0.4) is 0 Å². The molecule has 0 aliphatic carbocycles. The zero-order chi connectivity index (χ0) is 14.5. The van der Waals surface area contributed by atoms with E-state index in [1.54, 1.807) is 0 Å². The van der Waals surface area contributed by atoms with Crippen molar-refractivity contribution in [2.24, 2.45) is 5.92 Å². The third-order valence-corrected chi connectivity index (χ3v) is 3.97. The standard InChI is InChI=1S/C15H22ClN3O/c1-12(11-17-2)15(20)19-9-7-18(8-10-19)14-5-3-13(16)4-6-14/h3-6,12,17H,7-11H2,1-2H3. The highest BCUT2D eigenvalue weighted by Crippen LogP contribution is 2.19. The molecule has 4 nitrogen and oxygen atoms in total. The van der Waals surface area contributed by atoms with Crippen LogP contribution in [0.5, 0.6) is 0 Å². The number of carbonyl (C=O) groups is 1. The van der Waals surface area contributed by atoms with Crippen LogP contribution >= 0.6 is 11.6 Å². The number of hydrogen-bond acceptors (Lipinski definition) is 3. The minimum absolute atomic E-state index is 0.0436. The molecular formula is C15H22ClN3O. The summed E-state index contributed by atoms with van der Waals surface area (Å²) >= 11 is 5.90. The molecule has 110 valence electrons. The monoisotopic (exact) mass is 295 g/mol. The van der Waals surface area contributed by atoms with E-state index in [9.17, 15) is 4.79 Å². The molecule has 0 bridgehead atoms. The summed E-state index contributed by atoms with van der Waals surface area (Å²) in [6, 6.07) is 7.87. The molecule has 2 rings (SSSR count). The van der Waals surface area contributed by atoms with Gasteiger partial charge in [0.2, 0.25) is 5.91 Å². The first-order valence-corrected chi connectivity index (χ1v) is 7.43. The van der Waals surface area contributed by atoms with Gasteiger partial charge in [0.1, 0.15) is 0 Å². The van der Waals surface area contributed by atoms with Gasteiger partial charge >= 0.3 is 0 Å². The predicted octanol–water partition coefficient (Wildman–Crippen LogP) is 1.84. The molecule has 0 saturated carbocycles. The summed E-state index contributed by atoms with van der Waals surface area (Å²) < 4.78 is 0. The van der Waals surface area contributed by atoms with Crippen LogP contribution in [0.25, 0.3) is 0 Å². The van der Waals surface area contributed by atoms with E-state index in [0.29, 0.717) is 0 Å². The summed E-state index contributed by atoms with van der Waals surface area (Å²) in [5.74, 6) is 0.289. The van der Waals surface area contributed by atoms with E-state index in [1.807, 2.05) is 43.1 Å². The number of amides is 1. The smallest absolute Gasteiger partial charge is 0.226 e. The Labute approximate surface area is 125 Å². The first-order chi connectivity index (χ1) is 9.61. The number of carbonyl (C=O) groups excluding carboxylic acids is 1. The van der Waals surface area contributed by atoms with Crippen molar-refractivity contribution in [1.82, 2.24) is 10.2 Å². The van der Waals surface area contributed by atoms with Crippen molar-refractivity contribution in [2.45, 2.75) is 6.92 Å². The third-order valence-electron chi connectivity index (χ3n) is 3.71. The van der Waals surface area contributed by atoms with E-state index in [2.05, 4.69) is 10.2 Å². The van der Waals surface area contributed by atoms with Crippen LogP contribution in [0.15, 0.2) is 24.3 Å². The molecule has 1 saturated heterocycles. The zero-order valence-corrected chi connectivity index (χ0v) is 12.9. The summed E-state index contributed by atoms with van der Waals surface area (Å²) in [7, 11) is 1.88. The van der Waals surface area contributed by atoms with Gasteiger partial charge < -0.3 is 15.1 Å². The van der Waals surface area contributed by atoms with Crippen LogP contribution in [0, 0.1) is 5.92 Å². The van der Waals surface area contributed by atoms with Gasteiger partial charge in [0.15, 0.2) is 0 Å². The lowest BCUT2D eigenvalue weighted by Gasteiger charge is -2.37. The topological polar surface area (TPSA) is 35.6 Å². The molecule has 5 heteroatoms. The van der Waals surface area contributed by atoms with Gasteiger partial charge in [-0.15, -0.1) is 0 Å². The molecule has 1 N–H and O–H groups in total. The fourth-order valence-electron chi connectivity index (χ4n) is 2.54. The summed E-state index contributed by atoms with van der Waals surface area (Å²) in [5, 5.41) is 3.81. The summed E-state index contributed by atoms with van der Waals surface area (Å²) in [6.45, 7) is 6.03. The fraction of sp³-hybridized carbons (Fsp3) is 0.533. The SMILES string of the molecule is CNCC(C)C(=O)N1CCN(c2ccc(Cl)cc2)CC1. The molecule has 1 aliphatic heterocycles. The summed E-state index contributed by atoms with van der Waals surface area (Å²) in [5.41, 5.74) is 1.17. The first kappa shape index (κ1) is 15.1. The normalized spacial score (nSPS) is 17.1. The van der Waals surface area contributed by atoms with Crippen molar-refractivity contribution in [3.63, 3.8) is 0 Å². The van der Waals surface area contributed by atoms with E-state index in [-0.39, 0.29) is 11.8 Å². The highest BCUT2D eigenvalue weighted by molar-refractivity contribution is 6.30. The molecule has 1 amide bonds. The lowest BCUT2D eigenvalue weighted by atomic mass is 10.1. The van der Waals surface area contributed by atoms with Crippen LogP contribution in [0.4, 0.5) is 5.69 Å². The number of nitrogens with zero attached hydrogens (tertiary/aromatic N) is 2. The maximum Gasteiger partial charge on any atom is 0.226 e. The van der Waals surface area contributed by atoms with E-state index < -0.39 is 0 Å². The molecule has 0 radical (unpaired) electrons. The van der Waals surface area contributed by atoms with E-state index in [4.69, 9.17) is 11.6 Å². The Bertz CT molecular complexity index is 441. The Morgan fingerprint density at radius 3 is 2.40 bits per heavy atom. The number of rotatable bonds is 4. The fourth-order valence-corrected chi connectivity index (χ4v) is 2.67. The first-order valence-electron chi connectivity index (χ1n) is 7.05. The van der Waals surface area contributed by atoms with E-state index in [0.717, 1.165) is 37.7 Å². The second-order valence-electron chi connectivity index (χ2n) is 5.25. The summed E-state index contributed by atoms with van der Waals surface area (Å²) in [6.07, 6.45) is 0. The van der Waals surface area contributed by atoms with Gasteiger partial charge in [-0.1, -0.05) is 18.5 Å². The van der Waals surface area contributed by atoms with E-state index >= 15 is 0 Å². The second-order valence-corrected chi connectivity index (χ2v) is 5.68. The number of benzene rings is 1. The Hall–Kier alpha value is -1.26. The van der Waals surface area contributed by atoms with Crippen LogP contribution in [0.2, 0.25) is 5.02 Å². The number of halogens is 1. The molecule has 1 aromatic carbocycles. The van der Waals surface area contributed by atoms with Gasteiger partial charge in [-0.05, 0) is 31.3 Å². The lowest BCUT2D eigenvalue weighted by Crippen LogP contribution is -2.51. The number of nitrogens with one attached hydrogen (secondary N) is 1. The Morgan fingerprint density at radius 2 is 1.85 bits per heavy atom. The average Bonchev–Trinajstić information content (AvgIpc) is 2.48. The van der Waals surface area contributed by atoms with Crippen molar-refractivity contribution < 1.29 is 4.79 Å². The van der Waals surface area contributed by atoms with Crippen molar-refractivity contribution in [3.05, 3.63) is 29.3 Å². The molecule has 1 fully saturated rings. The molecule has 20 heavy (non-hydrogen) atoms. The largest absolute Gasteiger partial charge is 0.368 e. The van der Waals surface area contributed by atoms with Crippen molar-refractivity contribution in [3.8, 4) is 0 Å². The highest BCUT2D eigenvalue weighted by atomic mass is 35.5. The number of piperazine rings is 1. The summed E-state index contributed by atoms with van der Waals surface area (Å²) in [4.78, 5) is 16.5. The van der Waals surface area contributed by atoms with Crippen molar-refractivity contribution in [2.75, 3.05) is 44.7 Å². The Balaban J connectivity index is 1.89. The van der Waals surface area contributed by atoms with Gasteiger partial charge in [0, 0.05) is 49.4 Å². The molecule has 1 aliphatic rings. The highest BCUT2D eigenvalue weighted by Gasteiger charge is 2.24. The van der Waals surface area contributed by atoms with Gasteiger partial charge in [-0.2, -0.15) is 0 Å². The van der Waals surface area contributed by atoms with Crippen LogP contribution < -0.4 is 10.2 Å². The molecule has 1 unspecified atom stereocenters. The Kier molecular flexibility index (Phi) is 5.26. The quantitative estimate of drug-likeness (QED) is 0.921. The molecule has 1 atom stereocenters. The maximum absolute atomic E-state index is 12.2. The van der Waals surface area contributed by atoms with Crippen molar-refractivity contribution >= 4 is 23.2 Å². The third kappa shape index (κ3) is 3.64. The molecule has 0 aromatic heterocycles. The van der Waals surface area contributed by atoms with Gasteiger partial charge in [-0.3, -0.25) is 4.79 Å². The van der Waals surface area contributed by atoms with Crippen LogP contribution in [-0.4, -0.2) is 50.6 Å². The number of hydrogen-bond donors (Lipinski definition) is 1. The molecular weight excluding hydrogens is 274 g/mol. The van der Waals surface area contributed by atoms with Gasteiger partial charge in [-0.25, -0.2) is 0 Å². The average molecular weight is 296 g/mol. The van der Waals surface area contributed by atoms with Crippen LogP contribution in [-0.2, 0) is 4.79 Å². The van der Waals surface area contributed by atoms with Crippen LogP contribution in [0.1, 0.15) is 6.92 Å². The minimum Gasteiger partial charge on any atom is -0.368 e. The van der Waals surface area contributed by atoms with Gasteiger partial charge in [0.05, 0.1) is 0 Å². The van der Waals surface area contributed by atoms with E-state index in [1.165, 1.54) is 5.69 Å². The molecule has 0 spiro atoms. The van der Waals surface area contributed by atoms with Gasteiger partial charge in [0.25, 0.3) is 0 Å². The number of anilines is 1. The minimum atomic E-state index is 0.0436.